The van der Waals surface area contributed by atoms with Gasteiger partial charge in [0.1, 0.15) is 0 Å². The van der Waals surface area contributed by atoms with Crippen LogP contribution in [0.1, 0.15) is 26.2 Å². The molecule has 0 rings (SSSR count). The molecule has 0 aliphatic heterocycles. The minimum Gasteiger partial charge on any atom is -0.385 e. The second-order valence-corrected chi connectivity index (χ2v) is 3.19. The summed E-state index contributed by atoms with van der Waals surface area (Å²) in [6.45, 7) is 3.06. The van der Waals surface area contributed by atoms with Crippen LogP contribution in [0.3, 0.4) is 0 Å². The number of hydrogen-bond donors (Lipinski definition) is 1. The monoisotopic (exact) mass is 213 g/mol. The van der Waals surface area contributed by atoms with E-state index in [0.29, 0.717) is 19.6 Å². The highest BCUT2D eigenvalue weighted by molar-refractivity contribution is 4.67. The molecule has 2 nitrogen and oxygen atoms in total. The molecule has 0 bridgehead atoms. The quantitative estimate of drug-likeness (QED) is 0.701. The minimum absolute atomic E-state index is 0.0958. The van der Waals surface area contributed by atoms with Gasteiger partial charge in [0.25, 0.3) is 0 Å². The molecule has 0 fully saturated rings. The molecular formula is C9H18F3NO. The van der Waals surface area contributed by atoms with Crippen molar-refractivity contribution < 1.29 is 17.9 Å². The average molecular weight is 213 g/mol. The van der Waals surface area contributed by atoms with Gasteiger partial charge in [-0.15, -0.1) is 0 Å². The van der Waals surface area contributed by atoms with Crippen LogP contribution in [0.15, 0.2) is 0 Å². The predicted octanol–water partition coefficient (Wildman–Crippen LogP) is 2.34. The SMILES string of the molecule is CCNC(CCOC)CCC(F)(F)F. The third kappa shape index (κ3) is 8.31. The fourth-order valence-electron chi connectivity index (χ4n) is 1.24. The van der Waals surface area contributed by atoms with Crippen molar-refractivity contribution in [2.24, 2.45) is 0 Å². The Kier molecular flexibility index (Phi) is 6.92. The maximum absolute atomic E-state index is 11.9. The van der Waals surface area contributed by atoms with E-state index in [4.69, 9.17) is 4.74 Å². The molecule has 1 N–H and O–H groups in total. The number of methoxy groups -OCH3 is 1. The fraction of sp³-hybridized carbons (Fsp3) is 1.00. The lowest BCUT2D eigenvalue weighted by Crippen LogP contribution is -2.31. The van der Waals surface area contributed by atoms with Crippen LogP contribution >= 0.6 is 0 Å². The van der Waals surface area contributed by atoms with Crippen molar-refractivity contribution >= 4 is 0 Å². The maximum Gasteiger partial charge on any atom is 0.389 e. The Bertz CT molecular complexity index is 139. The molecule has 0 radical (unpaired) electrons. The van der Waals surface area contributed by atoms with E-state index < -0.39 is 12.6 Å². The van der Waals surface area contributed by atoms with Crippen molar-refractivity contribution in [3.63, 3.8) is 0 Å². The third-order valence-corrected chi connectivity index (χ3v) is 1.94. The van der Waals surface area contributed by atoms with E-state index >= 15 is 0 Å². The number of halogens is 3. The molecule has 86 valence electrons. The summed E-state index contributed by atoms with van der Waals surface area (Å²) >= 11 is 0. The summed E-state index contributed by atoms with van der Waals surface area (Å²) in [7, 11) is 1.55. The van der Waals surface area contributed by atoms with E-state index in [-0.39, 0.29) is 12.5 Å². The number of hydrogen-bond acceptors (Lipinski definition) is 2. The van der Waals surface area contributed by atoms with Gasteiger partial charge in [-0.3, -0.25) is 0 Å². The van der Waals surface area contributed by atoms with Crippen molar-refractivity contribution in [2.75, 3.05) is 20.3 Å². The summed E-state index contributed by atoms with van der Waals surface area (Å²) in [4.78, 5) is 0. The van der Waals surface area contributed by atoms with Crippen molar-refractivity contribution in [3.8, 4) is 0 Å². The Labute approximate surface area is 82.8 Å². The average Bonchev–Trinajstić information content (AvgIpc) is 2.08. The molecule has 0 aliphatic rings. The Balaban J connectivity index is 3.72. The summed E-state index contributed by atoms with van der Waals surface area (Å²) in [5.74, 6) is 0. The highest BCUT2D eigenvalue weighted by Crippen LogP contribution is 2.22. The zero-order valence-electron chi connectivity index (χ0n) is 8.66. The summed E-state index contributed by atoms with van der Waals surface area (Å²) in [6, 6.07) is -0.0958. The van der Waals surface area contributed by atoms with Gasteiger partial charge in [-0.05, 0) is 19.4 Å². The summed E-state index contributed by atoms with van der Waals surface area (Å²) < 4.78 is 40.6. The van der Waals surface area contributed by atoms with Crippen molar-refractivity contribution in [2.45, 2.75) is 38.4 Å². The molecule has 0 heterocycles. The molecule has 0 spiro atoms. The number of ether oxygens (including phenoxy) is 1. The third-order valence-electron chi connectivity index (χ3n) is 1.94. The largest absolute Gasteiger partial charge is 0.389 e. The lowest BCUT2D eigenvalue weighted by atomic mass is 10.1. The highest BCUT2D eigenvalue weighted by atomic mass is 19.4. The van der Waals surface area contributed by atoms with Gasteiger partial charge in [-0.1, -0.05) is 6.92 Å². The highest BCUT2D eigenvalue weighted by Gasteiger charge is 2.27. The molecule has 0 aromatic heterocycles. The molecule has 1 atom stereocenters. The molecule has 0 saturated heterocycles. The normalized spacial score (nSPS) is 14.4. The summed E-state index contributed by atoms with van der Waals surface area (Å²) in [5.41, 5.74) is 0. The van der Waals surface area contributed by atoms with E-state index in [1.807, 2.05) is 6.92 Å². The molecule has 1 unspecified atom stereocenters. The van der Waals surface area contributed by atoms with Gasteiger partial charge in [-0.25, -0.2) is 0 Å². The summed E-state index contributed by atoms with van der Waals surface area (Å²) in [5, 5.41) is 3.01. The van der Waals surface area contributed by atoms with E-state index in [1.54, 1.807) is 7.11 Å². The molecular weight excluding hydrogens is 195 g/mol. The topological polar surface area (TPSA) is 21.3 Å². The molecule has 0 aromatic rings. The number of nitrogens with one attached hydrogen (secondary N) is 1. The Morgan fingerprint density at radius 2 is 1.93 bits per heavy atom. The van der Waals surface area contributed by atoms with E-state index in [2.05, 4.69) is 5.32 Å². The second-order valence-electron chi connectivity index (χ2n) is 3.19. The van der Waals surface area contributed by atoms with Gasteiger partial charge >= 0.3 is 6.18 Å². The Morgan fingerprint density at radius 1 is 1.29 bits per heavy atom. The van der Waals surface area contributed by atoms with Gasteiger partial charge in [0.05, 0.1) is 0 Å². The van der Waals surface area contributed by atoms with Crippen LogP contribution in [0, 0.1) is 0 Å². The van der Waals surface area contributed by atoms with Crippen LogP contribution < -0.4 is 5.32 Å². The Morgan fingerprint density at radius 3 is 2.36 bits per heavy atom. The molecule has 0 aromatic carbocycles. The van der Waals surface area contributed by atoms with Crippen molar-refractivity contribution in [1.82, 2.24) is 5.32 Å². The van der Waals surface area contributed by atoms with Gasteiger partial charge in [0, 0.05) is 26.2 Å². The van der Waals surface area contributed by atoms with Crippen LogP contribution in [0.5, 0.6) is 0 Å². The predicted molar refractivity (Wildman–Crippen MR) is 49.2 cm³/mol. The molecule has 0 aliphatic carbocycles. The number of rotatable bonds is 7. The first-order chi connectivity index (χ1) is 6.49. The first-order valence-corrected chi connectivity index (χ1v) is 4.78. The first-order valence-electron chi connectivity index (χ1n) is 4.78. The molecule has 0 amide bonds. The zero-order chi connectivity index (χ0) is 11.0. The van der Waals surface area contributed by atoms with Crippen LogP contribution in [0.4, 0.5) is 13.2 Å². The van der Waals surface area contributed by atoms with Crippen LogP contribution in [0.2, 0.25) is 0 Å². The van der Waals surface area contributed by atoms with E-state index in [9.17, 15) is 13.2 Å². The first kappa shape index (κ1) is 13.7. The smallest absolute Gasteiger partial charge is 0.385 e. The lowest BCUT2D eigenvalue weighted by molar-refractivity contribution is -0.136. The summed E-state index contributed by atoms with van der Waals surface area (Å²) in [6.07, 6.45) is -4.03. The molecule has 0 saturated carbocycles. The van der Waals surface area contributed by atoms with Crippen LogP contribution in [-0.4, -0.2) is 32.5 Å². The minimum atomic E-state index is -4.05. The van der Waals surface area contributed by atoms with Gasteiger partial charge < -0.3 is 10.1 Å². The maximum atomic E-state index is 11.9. The van der Waals surface area contributed by atoms with E-state index in [1.165, 1.54) is 0 Å². The van der Waals surface area contributed by atoms with Gasteiger partial charge in [-0.2, -0.15) is 13.2 Å². The molecule has 5 heteroatoms. The zero-order valence-corrected chi connectivity index (χ0v) is 8.66. The van der Waals surface area contributed by atoms with Crippen molar-refractivity contribution in [3.05, 3.63) is 0 Å². The standard InChI is InChI=1S/C9H18F3NO/c1-3-13-8(5-7-14-2)4-6-9(10,11)12/h8,13H,3-7H2,1-2H3. The van der Waals surface area contributed by atoms with Crippen LogP contribution in [-0.2, 0) is 4.74 Å². The van der Waals surface area contributed by atoms with Gasteiger partial charge in [0.2, 0.25) is 0 Å². The number of alkyl halides is 3. The van der Waals surface area contributed by atoms with E-state index in [0.717, 1.165) is 0 Å². The lowest BCUT2D eigenvalue weighted by Gasteiger charge is -2.18. The fourth-order valence-corrected chi connectivity index (χ4v) is 1.24. The van der Waals surface area contributed by atoms with Crippen LogP contribution in [0.25, 0.3) is 0 Å². The Hall–Kier alpha value is -0.290. The molecule has 14 heavy (non-hydrogen) atoms. The van der Waals surface area contributed by atoms with Crippen molar-refractivity contribution in [1.29, 1.82) is 0 Å². The second kappa shape index (κ2) is 7.06. The van der Waals surface area contributed by atoms with Gasteiger partial charge in [0.15, 0.2) is 0 Å².